The Balaban J connectivity index is 0.00000208. The Morgan fingerprint density at radius 1 is 0.875 bits per heavy atom. The molecule has 0 aliphatic heterocycles. The third-order valence-corrected chi connectivity index (χ3v) is 4.09. The highest BCUT2D eigenvalue weighted by Crippen LogP contribution is 2.29. The second-order valence-electron chi connectivity index (χ2n) is 5.39. The fourth-order valence-electron chi connectivity index (χ4n) is 2.48. The van der Waals surface area contributed by atoms with Gasteiger partial charge in [-0.3, -0.25) is 4.98 Å². The van der Waals surface area contributed by atoms with Gasteiger partial charge in [0.05, 0.1) is 12.1 Å². The lowest BCUT2D eigenvalue weighted by Gasteiger charge is -2.20. The van der Waals surface area contributed by atoms with E-state index in [2.05, 4.69) is 4.98 Å². The molecule has 124 valence electrons. The number of nitrogens with two attached hydrogens (primary N) is 1. The van der Waals surface area contributed by atoms with Crippen molar-refractivity contribution in [1.82, 2.24) is 4.98 Å². The van der Waals surface area contributed by atoms with Crippen LogP contribution in [0.1, 0.15) is 23.3 Å². The molecule has 0 fully saturated rings. The molecule has 2 aromatic carbocycles. The van der Waals surface area contributed by atoms with Crippen LogP contribution in [0.2, 0.25) is 5.02 Å². The van der Waals surface area contributed by atoms with Gasteiger partial charge in [-0.15, -0.1) is 12.4 Å². The van der Waals surface area contributed by atoms with Crippen LogP contribution in [0, 0.1) is 0 Å². The SMILES string of the molecule is Cl.N[C@@H](c1ccc(Cl)cc1)[C@H](O)c1ccc(-c2cccnc2)cc1. The smallest absolute Gasteiger partial charge is 0.0982 e. The standard InChI is InChI=1S/C19H17ClN2O.ClH/c20-17-9-7-14(8-10-17)18(21)19(23)15-5-3-13(4-6-15)16-2-1-11-22-12-16;/h1-12,18-19,23H,21H2;1H/t18-,19+;/m0./s1. The van der Waals surface area contributed by atoms with Gasteiger partial charge < -0.3 is 10.8 Å². The first-order valence-electron chi connectivity index (χ1n) is 7.34. The molecule has 3 N–H and O–H groups in total. The zero-order valence-corrected chi connectivity index (χ0v) is 14.4. The lowest BCUT2D eigenvalue weighted by atomic mass is 9.95. The van der Waals surface area contributed by atoms with Crippen LogP contribution in [0.5, 0.6) is 0 Å². The predicted molar refractivity (Wildman–Crippen MR) is 100 cm³/mol. The summed E-state index contributed by atoms with van der Waals surface area (Å²) in [7, 11) is 0. The number of halogens is 2. The minimum absolute atomic E-state index is 0. The molecule has 1 heterocycles. The number of nitrogens with zero attached hydrogens (tertiary/aromatic N) is 1. The lowest BCUT2D eigenvalue weighted by Crippen LogP contribution is -2.19. The van der Waals surface area contributed by atoms with Gasteiger partial charge in [-0.1, -0.05) is 54.1 Å². The van der Waals surface area contributed by atoms with Gasteiger partial charge in [-0.2, -0.15) is 0 Å². The van der Waals surface area contributed by atoms with Crippen LogP contribution in [-0.4, -0.2) is 10.1 Å². The molecule has 5 heteroatoms. The number of pyridine rings is 1. The molecule has 0 saturated carbocycles. The maximum Gasteiger partial charge on any atom is 0.0982 e. The minimum Gasteiger partial charge on any atom is -0.386 e. The topological polar surface area (TPSA) is 59.1 Å². The molecule has 3 nitrogen and oxygen atoms in total. The molecule has 3 rings (SSSR count). The first kappa shape index (κ1) is 18.4. The summed E-state index contributed by atoms with van der Waals surface area (Å²) >= 11 is 5.88. The summed E-state index contributed by atoms with van der Waals surface area (Å²) in [5, 5.41) is 11.2. The highest BCUT2D eigenvalue weighted by molar-refractivity contribution is 6.30. The number of rotatable bonds is 4. The van der Waals surface area contributed by atoms with E-state index in [9.17, 15) is 5.11 Å². The molecule has 0 aliphatic rings. The molecule has 2 atom stereocenters. The molecule has 0 aliphatic carbocycles. The third kappa shape index (κ3) is 4.13. The first-order chi connectivity index (χ1) is 11.1. The van der Waals surface area contributed by atoms with E-state index in [1.807, 2.05) is 54.7 Å². The molecule has 0 spiro atoms. The Morgan fingerprint density at radius 3 is 2.08 bits per heavy atom. The number of hydrogen-bond donors (Lipinski definition) is 2. The van der Waals surface area contributed by atoms with Crippen molar-refractivity contribution in [3.8, 4) is 11.1 Å². The molecule has 0 amide bonds. The number of aliphatic hydroxyl groups excluding tert-OH is 1. The average molecular weight is 361 g/mol. The Bertz CT molecular complexity index is 762. The molecule has 0 bridgehead atoms. The van der Waals surface area contributed by atoms with Gasteiger partial charge in [0, 0.05) is 17.4 Å². The summed E-state index contributed by atoms with van der Waals surface area (Å²) in [6, 6.07) is 18.3. The van der Waals surface area contributed by atoms with Crippen LogP contribution in [0.25, 0.3) is 11.1 Å². The van der Waals surface area contributed by atoms with Crippen molar-refractivity contribution in [2.75, 3.05) is 0 Å². The van der Waals surface area contributed by atoms with Crippen LogP contribution in [0.4, 0.5) is 0 Å². The zero-order chi connectivity index (χ0) is 16.2. The van der Waals surface area contributed by atoms with Crippen molar-refractivity contribution in [1.29, 1.82) is 0 Å². The van der Waals surface area contributed by atoms with Gasteiger partial charge in [-0.25, -0.2) is 0 Å². The second kappa shape index (κ2) is 8.27. The number of hydrogen-bond acceptors (Lipinski definition) is 3. The average Bonchev–Trinajstić information content (AvgIpc) is 2.62. The Morgan fingerprint density at radius 2 is 1.50 bits per heavy atom. The predicted octanol–water partition coefficient (Wildman–Crippen LogP) is 4.56. The van der Waals surface area contributed by atoms with Gasteiger partial charge in [0.2, 0.25) is 0 Å². The molecule has 3 aromatic rings. The largest absolute Gasteiger partial charge is 0.386 e. The van der Waals surface area contributed by atoms with Gasteiger partial charge in [-0.05, 0) is 40.5 Å². The van der Waals surface area contributed by atoms with Crippen LogP contribution < -0.4 is 5.73 Å². The Labute approximate surface area is 152 Å². The monoisotopic (exact) mass is 360 g/mol. The molecule has 0 radical (unpaired) electrons. The molecular formula is C19H18Cl2N2O. The molecule has 0 unspecified atom stereocenters. The molecular weight excluding hydrogens is 343 g/mol. The fraction of sp³-hybridized carbons (Fsp3) is 0.105. The number of aliphatic hydroxyl groups is 1. The van der Waals surface area contributed by atoms with Gasteiger partial charge >= 0.3 is 0 Å². The Hall–Kier alpha value is -1.91. The summed E-state index contributed by atoms with van der Waals surface area (Å²) < 4.78 is 0. The van der Waals surface area contributed by atoms with E-state index in [1.165, 1.54) is 0 Å². The van der Waals surface area contributed by atoms with E-state index in [0.717, 1.165) is 22.3 Å². The summed E-state index contributed by atoms with van der Waals surface area (Å²) in [5.41, 5.74) is 9.88. The normalized spacial score (nSPS) is 13.0. The Kier molecular flexibility index (Phi) is 6.35. The summed E-state index contributed by atoms with van der Waals surface area (Å²) in [5.74, 6) is 0. The van der Waals surface area contributed by atoms with Crippen molar-refractivity contribution in [3.05, 3.63) is 89.2 Å². The quantitative estimate of drug-likeness (QED) is 0.716. The van der Waals surface area contributed by atoms with Gasteiger partial charge in [0.25, 0.3) is 0 Å². The molecule has 24 heavy (non-hydrogen) atoms. The van der Waals surface area contributed by atoms with Crippen LogP contribution in [0.3, 0.4) is 0 Å². The van der Waals surface area contributed by atoms with E-state index in [1.54, 1.807) is 18.3 Å². The lowest BCUT2D eigenvalue weighted by molar-refractivity contribution is 0.147. The van der Waals surface area contributed by atoms with E-state index < -0.39 is 12.1 Å². The third-order valence-electron chi connectivity index (χ3n) is 3.84. The van der Waals surface area contributed by atoms with Crippen molar-refractivity contribution >= 4 is 24.0 Å². The van der Waals surface area contributed by atoms with E-state index in [-0.39, 0.29) is 12.4 Å². The van der Waals surface area contributed by atoms with Crippen LogP contribution in [0.15, 0.2) is 73.1 Å². The number of benzene rings is 2. The van der Waals surface area contributed by atoms with E-state index in [0.29, 0.717) is 5.02 Å². The number of aromatic nitrogens is 1. The van der Waals surface area contributed by atoms with Crippen LogP contribution in [-0.2, 0) is 0 Å². The first-order valence-corrected chi connectivity index (χ1v) is 7.72. The van der Waals surface area contributed by atoms with E-state index in [4.69, 9.17) is 17.3 Å². The van der Waals surface area contributed by atoms with Crippen molar-refractivity contribution in [2.45, 2.75) is 12.1 Å². The summed E-state index contributed by atoms with van der Waals surface area (Å²) in [4.78, 5) is 4.11. The summed E-state index contributed by atoms with van der Waals surface area (Å²) in [6.45, 7) is 0. The highest BCUT2D eigenvalue weighted by atomic mass is 35.5. The summed E-state index contributed by atoms with van der Waals surface area (Å²) in [6.07, 6.45) is 2.77. The molecule has 1 aromatic heterocycles. The minimum atomic E-state index is -0.779. The van der Waals surface area contributed by atoms with E-state index >= 15 is 0 Å². The second-order valence-corrected chi connectivity index (χ2v) is 5.82. The zero-order valence-electron chi connectivity index (χ0n) is 12.8. The maximum atomic E-state index is 10.5. The maximum absolute atomic E-state index is 10.5. The van der Waals surface area contributed by atoms with Gasteiger partial charge in [0.1, 0.15) is 0 Å². The van der Waals surface area contributed by atoms with Crippen molar-refractivity contribution < 1.29 is 5.11 Å². The van der Waals surface area contributed by atoms with Gasteiger partial charge in [0.15, 0.2) is 0 Å². The van der Waals surface area contributed by atoms with Crippen molar-refractivity contribution in [3.63, 3.8) is 0 Å². The van der Waals surface area contributed by atoms with Crippen LogP contribution >= 0.6 is 24.0 Å². The molecule has 0 saturated heterocycles. The van der Waals surface area contributed by atoms with Crippen molar-refractivity contribution in [2.24, 2.45) is 5.73 Å². The highest BCUT2D eigenvalue weighted by Gasteiger charge is 2.18. The fourth-order valence-corrected chi connectivity index (χ4v) is 2.61.